The van der Waals surface area contributed by atoms with Gasteiger partial charge in [-0.25, -0.2) is 0 Å². The van der Waals surface area contributed by atoms with Gasteiger partial charge >= 0.3 is 0 Å². The molecule has 2 rings (SSSR count). The molecular weight excluding hydrogens is 274 g/mol. The Kier molecular flexibility index (Phi) is 4.18. The Bertz CT molecular complexity index is 553. The monoisotopic (exact) mass is 295 g/mol. The first-order valence-corrected chi connectivity index (χ1v) is 7.66. The van der Waals surface area contributed by atoms with Gasteiger partial charge in [-0.1, -0.05) is 0 Å². The number of rotatable bonds is 3. The lowest BCUT2D eigenvalue weighted by Crippen LogP contribution is -2.28. The molecule has 110 valence electrons. The first-order chi connectivity index (χ1) is 9.47. The maximum absolute atomic E-state index is 5.58. The molecule has 0 aliphatic carbocycles. The zero-order chi connectivity index (χ0) is 14.9. The average molecular weight is 295 g/mol. The van der Waals surface area contributed by atoms with Gasteiger partial charge in [0, 0.05) is 0 Å². The second-order valence-corrected chi connectivity index (χ2v) is 6.08. The van der Waals surface area contributed by atoms with Crippen molar-refractivity contribution in [2.45, 2.75) is 25.8 Å². The highest BCUT2D eigenvalue weighted by molar-refractivity contribution is 8.13. The SMILES string of the molecule is COc1cc2c(c(OC)c1OC)C(SC)=NC(C)(C)C2. The quantitative estimate of drug-likeness (QED) is 0.859. The molecular formula is C15H21NO3S. The van der Waals surface area contributed by atoms with Gasteiger partial charge in [-0.2, -0.15) is 0 Å². The summed E-state index contributed by atoms with van der Waals surface area (Å²) in [7, 11) is 4.91. The van der Waals surface area contributed by atoms with Crippen LogP contribution in [0.3, 0.4) is 0 Å². The van der Waals surface area contributed by atoms with Crippen molar-refractivity contribution in [3.05, 3.63) is 17.2 Å². The van der Waals surface area contributed by atoms with E-state index in [1.165, 1.54) is 5.56 Å². The molecule has 0 saturated heterocycles. The lowest BCUT2D eigenvalue weighted by molar-refractivity contribution is 0.322. The molecule has 1 heterocycles. The molecule has 0 atom stereocenters. The zero-order valence-corrected chi connectivity index (χ0v) is 13.7. The standard InChI is InChI=1S/C15H21NO3S/c1-15(2)8-9-7-10(17-3)12(18-4)13(19-5)11(9)14(16-15)20-6/h7H,8H2,1-6H3. The number of hydrogen-bond acceptors (Lipinski definition) is 5. The van der Waals surface area contributed by atoms with Crippen LogP contribution in [-0.4, -0.2) is 38.2 Å². The number of benzene rings is 1. The van der Waals surface area contributed by atoms with Crippen molar-refractivity contribution in [3.8, 4) is 17.2 Å². The number of thioether (sulfide) groups is 1. The van der Waals surface area contributed by atoms with E-state index in [0.29, 0.717) is 17.2 Å². The van der Waals surface area contributed by atoms with Crippen molar-refractivity contribution in [2.75, 3.05) is 27.6 Å². The van der Waals surface area contributed by atoms with E-state index in [9.17, 15) is 0 Å². The lowest BCUT2D eigenvalue weighted by Gasteiger charge is -2.30. The van der Waals surface area contributed by atoms with Crippen molar-refractivity contribution < 1.29 is 14.2 Å². The smallest absolute Gasteiger partial charge is 0.204 e. The van der Waals surface area contributed by atoms with Gasteiger partial charge in [0.05, 0.1) is 32.4 Å². The second kappa shape index (κ2) is 5.56. The van der Waals surface area contributed by atoms with Crippen LogP contribution in [-0.2, 0) is 6.42 Å². The van der Waals surface area contributed by atoms with E-state index in [2.05, 4.69) is 13.8 Å². The molecule has 0 fully saturated rings. The van der Waals surface area contributed by atoms with E-state index in [1.807, 2.05) is 12.3 Å². The summed E-state index contributed by atoms with van der Waals surface area (Å²) in [5, 5.41) is 0.981. The van der Waals surface area contributed by atoms with Crippen LogP contribution in [0, 0.1) is 0 Å². The summed E-state index contributed by atoms with van der Waals surface area (Å²) >= 11 is 1.63. The molecule has 1 aliphatic heterocycles. The maximum atomic E-state index is 5.58. The molecule has 5 heteroatoms. The summed E-state index contributed by atoms with van der Waals surface area (Å²) in [6.45, 7) is 4.27. The van der Waals surface area contributed by atoms with E-state index in [0.717, 1.165) is 17.0 Å². The summed E-state index contributed by atoms with van der Waals surface area (Å²) in [6, 6.07) is 2.03. The summed E-state index contributed by atoms with van der Waals surface area (Å²) < 4.78 is 16.5. The highest BCUT2D eigenvalue weighted by Crippen LogP contribution is 2.46. The Hall–Kier alpha value is -1.36. The highest BCUT2D eigenvalue weighted by Gasteiger charge is 2.32. The number of hydrogen-bond donors (Lipinski definition) is 0. The average Bonchev–Trinajstić information content (AvgIpc) is 2.42. The third kappa shape index (κ3) is 2.46. The first kappa shape index (κ1) is 15.0. The molecule has 0 bridgehead atoms. The van der Waals surface area contributed by atoms with Gasteiger partial charge < -0.3 is 14.2 Å². The third-order valence-corrected chi connectivity index (χ3v) is 4.03. The van der Waals surface area contributed by atoms with Crippen LogP contribution in [0.15, 0.2) is 11.1 Å². The number of ether oxygens (including phenoxy) is 3. The molecule has 0 radical (unpaired) electrons. The largest absolute Gasteiger partial charge is 0.493 e. The van der Waals surface area contributed by atoms with Crippen molar-refractivity contribution in [2.24, 2.45) is 4.99 Å². The van der Waals surface area contributed by atoms with E-state index in [4.69, 9.17) is 19.2 Å². The van der Waals surface area contributed by atoms with Crippen molar-refractivity contribution in [1.29, 1.82) is 0 Å². The molecule has 0 amide bonds. The van der Waals surface area contributed by atoms with Crippen LogP contribution in [0.2, 0.25) is 0 Å². The predicted octanol–water partition coefficient (Wildman–Crippen LogP) is 3.16. The van der Waals surface area contributed by atoms with Crippen LogP contribution < -0.4 is 14.2 Å². The molecule has 1 aromatic rings. The Morgan fingerprint density at radius 3 is 2.25 bits per heavy atom. The molecule has 4 nitrogen and oxygen atoms in total. The van der Waals surface area contributed by atoms with Crippen LogP contribution in [0.1, 0.15) is 25.0 Å². The van der Waals surface area contributed by atoms with Crippen LogP contribution in [0.25, 0.3) is 0 Å². The van der Waals surface area contributed by atoms with E-state index in [1.54, 1.807) is 33.1 Å². The number of fused-ring (bicyclic) bond motifs is 1. The highest BCUT2D eigenvalue weighted by atomic mass is 32.2. The van der Waals surface area contributed by atoms with Crippen LogP contribution in [0.5, 0.6) is 17.2 Å². The molecule has 0 aromatic heterocycles. The molecule has 0 N–H and O–H groups in total. The fraction of sp³-hybridized carbons (Fsp3) is 0.533. The fourth-order valence-electron chi connectivity index (χ4n) is 2.56. The summed E-state index contributed by atoms with van der Waals surface area (Å²) in [4.78, 5) is 4.82. The third-order valence-electron chi connectivity index (χ3n) is 3.35. The first-order valence-electron chi connectivity index (χ1n) is 6.43. The molecule has 1 aliphatic rings. The van der Waals surface area contributed by atoms with Gasteiger partial charge in [0.2, 0.25) is 5.75 Å². The maximum Gasteiger partial charge on any atom is 0.204 e. The van der Waals surface area contributed by atoms with Gasteiger partial charge in [-0.05, 0) is 38.2 Å². The topological polar surface area (TPSA) is 40.0 Å². The van der Waals surface area contributed by atoms with Crippen molar-refractivity contribution in [1.82, 2.24) is 0 Å². The van der Waals surface area contributed by atoms with Crippen molar-refractivity contribution in [3.63, 3.8) is 0 Å². The summed E-state index contributed by atoms with van der Waals surface area (Å²) in [6.07, 6.45) is 2.88. The minimum Gasteiger partial charge on any atom is -0.493 e. The van der Waals surface area contributed by atoms with Crippen LogP contribution in [0.4, 0.5) is 0 Å². The predicted molar refractivity (Wildman–Crippen MR) is 83.9 cm³/mol. The van der Waals surface area contributed by atoms with Crippen LogP contribution >= 0.6 is 11.8 Å². The number of methoxy groups -OCH3 is 3. The Morgan fingerprint density at radius 2 is 1.75 bits per heavy atom. The van der Waals surface area contributed by atoms with Gasteiger partial charge in [0.1, 0.15) is 5.04 Å². The fourth-order valence-corrected chi connectivity index (χ4v) is 3.33. The summed E-state index contributed by atoms with van der Waals surface area (Å²) in [5.74, 6) is 2.02. The molecule has 0 saturated carbocycles. The van der Waals surface area contributed by atoms with Crippen molar-refractivity contribution >= 4 is 16.8 Å². The summed E-state index contributed by atoms with van der Waals surface area (Å²) in [5.41, 5.74) is 2.09. The molecule has 1 aromatic carbocycles. The number of aliphatic imine (C=N–C) groups is 1. The molecule has 0 spiro atoms. The number of nitrogens with zero attached hydrogens (tertiary/aromatic N) is 1. The van der Waals surface area contributed by atoms with E-state index >= 15 is 0 Å². The lowest BCUT2D eigenvalue weighted by atomic mass is 9.89. The van der Waals surface area contributed by atoms with E-state index < -0.39 is 0 Å². The minimum atomic E-state index is -0.115. The Morgan fingerprint density at radius 1 is 1.10 bits per heavy atom. The normalized spacial score (nSPS) is 16.2. The van der Waals surface area contributed by atoms with Gasteiger partial charge in [-0.3, -0.25) is 4.99 Å². The zero-order valence-electron chi connectivity index (χ0n) is 12.9. The molecule has 0 unspecified atom stereocenters. The Labute approximate surface area is 124 Å². The van der Waals surface area contributed by atoms with E-state index in [-0.39, 0.29) is 5.54 Å². The van der Waals surface area contributed by atoms with Gasteiger partial charge in [0.15, 0.2) is 11.5 Å². The Balaban J connectivity index is 2.75. The molecule has 20 heavy (non-hydrogen) atoms. The second-order valence-electron chi connectivity index (χ2n) is 5.29. The van der Waals surface area contributed by atoms with Gasteiger partial charge in [-0.15, -0.1) is 11.8 Å². The van der Waals surface area contributed by atoms with Gasteiger partial charge in [0.25, 0.3) is 0 Å². The minimum absolute atomic E-state index is 0.115.